The van der Waals surface area contributed by atoms with Crippen LogP contribution in [0.3, 0.4) is 0 Å². The summed E-state index contributed by atoms with van der Waals surface area (Å²) in [5.41, 5.74) is 3.09. The second kappa shape index (κ2) is 7.50. The summed E-state index contributed by atoms with van der Waals surface area (Å²) < 4.78 is 0.917. The van der Waals surface area contributed by atoms with Crippen LogP contribution in [0.5, 0.6) is 5.75 Å². The van der Waals surface area contributed by atoms with Crippen LogP contribution in [0.1, 0.15) is 11.1 Å². The van der Waals surface area contributed by atoms with Crippen LogP contribution in [-0.2, 0) is 11.2 Å². The summed E-state index contributed by atoms with van der Waals surface area (Å²) in [7, 11) is 0. The molecule has 0 atom stereocenters. The van der Waals surface area contributed by atoms with E-state index in [9.17, 15) is 20.0 Å². The summed E-state index contributed by atoms with van der Waals surface area (Å²) in [4.78, 5) is 21.8. The number of nitro benzene ring substituents is 1. The van der Waals surface area contributed by atoms with Gasteiger partial charge in [0.1, 0.15) is 5.75 Å². The molecular weight excluding hydrogens is 366 g/mol. The molecule has 7 nitrogen and oxygen atoms in total. The number of hydrazone groups is 1. The van der Waals surface area contributed by atoms with E-state index in [1.807, 2.05) is 12.1 Å². The Bertz CT molecular complexity index is 760. The minimum atomic E-state index is -0.580. The second-order valence-electron chi connectivity index (χ2n) is 4.60. The van der Waals surface area contributed by atoms with E-state index >= 15 is 0 Å². The van der Waals surface area contributed by atoms with Gasteiger partial charge in [-0.1, -0.05) is 28.1 Å². The van der Waals surface area contributed by atoms with Gasteiger partial charge in [0.05, 0.1) is 17.6 Å². The Balaban J connectivity index is 1.98. The number of carbonyl (C=O) groups excluding carboxylic acids is 1. The number of hydrogen-bond acceptors (Lipinski definition) is 5. The van der Waals surface area contributed by atoms with Gasteiger partial charge in [0.15, 0.2) is 0 Å². The van der Waals surface area contributed by atoms with Gasteiger partial charge in [-0.05, 0) is 23.8 Å². The predicted molar refractivity (Wildman–Crippen MR) is 88.3 cm³/mol. The lowest BCUT2D eigenvalue weighted by Crippen LogP contribution is -2.19. The van der Waals surface area contributed by atoms with Crippen LogP contribution in [-0.4, -0.2) is 22.2 Å². The summed E-state index contributed by atoms with van der Waals surface area (Å²) in [6.45, 7) is 0. The van der Waals surface area contributed by atoms with E-state index in [4.69, 9.17) is 0 Å². The number of nitrogens with zero attached hydrogens (tertiary/aromatic N) is 2. The third-order valence-corrected chi connectivity index (χ3v) is 3.42. The van der Waals surface area contributed by atoms with E-state index in [1.54, 1.807) is 12.1 Å². The van der Waals surface area contributed by atoms with Gasteiger partial charge >= 0.3 is 0 Å². The maximum atomic E-state index is 11.7. The lowest BCUT2D eigenvalue weighted by atomic mass is 10.1. The van der Waals surface area contributed by atoms with Crippen LogP contribution in [0.2, 0.25) is 0 Å². The summed E-state index contributed by atoms with van der Waals surface area (Å²) >= 11 is 3.31. The molecule has 8 heteroatoms. The van der Waals surface area contributed by atoms with Crippen LogP contribution in [0.4, 0.5) is 5.69 Å². The molecule has 0 fully saturated rings. The van der Waals surface area contributed by atoms with Gasteiger partial charge in [-0.25, -0.2) is 5.43 Å². The normalized spacial score (nSPS) is 10.7. The van der Waals surface area contributed by atoms with Crippen molar-refractivity contribution in [1.29, 1.82) is 0 Å². The summed E-state index contributed by atoms with van der Waals surface area (Å²) in [6.07, 6.45) is 1.30. The second-order valence-corrected chi connectivity index (χ2v) is 5.51. The Morgan fingerprint density at radius 1 is 1.30 bits per heavy atom. The van der Waals surface area contributed by atoms with E-state index < -0.39 is 4.92 Å². The summed E-state index contributed by atoms with van der Waals surface area (Å²) in [5, 5.41) is 24.0. The molecule has 2 rings (SSSR count). The standard InChI is InChI=1S/C15H12BrN3O4/c16-12-3-1-10(2-4-12)7-15(21)18-17-9-11-8-13(19(22)23)5-6-14(11)20/h1-6,8-9,20H,7H2,(H,18,21)/b17-9-. The van der Waals surface area contributed by atoms with E-state index in [-0.39, 0.29) is 29.3 Å². The number of non-ortho nitro benzene ring substituents is 1. The Morgan fingerprint density at radius 3 is 2.65 bits per heavy atom. The minimum absolute atomic E-state index is 0.142. The number of hydrogen-bond donors (Lipinski definition) is 2. The van der Waals surface area contributed by atoms with Crippen molar-refractivity contribution in [2.24, 2.45) is 5.10 Å². The quantitative estimate of drug-likeness (QED) is 0.474. The number of phenols is 1. The largest absolute Gasteiger partial charge is 0.507 e. The van der Waals surface area contributed by atoms with Crippen molar-refractivity contribution in [2.45, 2.75) is 6.42 Å². The van der Waals surface area contributed by atoms with Crippen molar-refractivity contribution >= 4 is 33.7 Å². The zero-order valence-electron chi connectivity index (χ0n) is 11.8. The number of benzene rings is 2. The molecule has 23 heavy (non-hydrogen) atoms. The number of rotatable bonds is 5. The third kappa shape index (κ3) is 4.89. The van der Waals surface area contributed by atoms with Gasteiger partial charge < -0.3 is 5.11 Å². The highest BCUT2D eigenvalue weighted by Crippen LogP contribution is 2.21. The number of nitrogens with one attached hydrogen (secondary N) is 1. The fourth-order valence-electron chi connectivity index (χ4n) is 1.76. The number of halogens is 1. The lowest BCUT2D eigenvalue weighted by molar-refractivity contribution is -0.384. The van der Waals surface area contributed by atoms with Crippen molar-refractivity contribution in [1.82, 2.24) is 5.43 Å². The SMILES string of the molecule is O=C(Cc1ccc(Br)cc1)N/N=C\c1cc([N+](=O)[O-])ccc1O. The predicted octanol–water partition coefficient (Wildman–Crippen LogP) is 2.76. The first-order valence-electron chi connectivity index (χ1n) is 6.49. The first-order chi connectivity index (χ1) is 11.0. The third-order valence-electron chi connectivity index (χ3n) is 2.89. The lowest BCUT2D eigenvalue weighted by Gasteiger charge is -2.01. The molecule has 118 valence electrons. The van der Waals surface area contributed by atoms with Crippen molar-refractivity contribution in [3.05, 3.63) is 68.2 Å². The molecule has 0 spiro atoms. The molecule has 0 aromatic heterocycles. The number of aromatic hydroxyl groups is 1. The number of amides is 1. The first kappa shape index (κ1) is 16.6. The van der Waals surface area contributed by atoms with E-state index in [0.717, 1.165) is 16.3 Å². The summed E-state index contributed by atoms with van der Waals surface area (Å²) in [6, 6.07) is 10.8. The molecule has 0 radical (unpaired) electrons. The van der Waals surface area contributed by atoms with Gasteiger partial charge in [0.25, 0.3) is 5.69 Å². The molecule has 2 aromatic rings. The Hall–Kier alpha value is -2.74. The van der Waals surface area contributed by atoms with Crippen LogP contribution < -0.4 is 5.43 Å². The fraction of sp³-hybridized carbons (Fsp3) is 0.0667. The van der Waals surface area contributed by atoms with Crippen LogP contribution in [0, 0.1) is 10.1 Å². The molecule has 1 amide bonds. The molecule has 0 saturated heterocycles. The molecular formula is C15H12BrN3O4. The monoisotopic (exact) mass is 377 g/mol. The Kier molecular flexibility index (Phi) is 5.42. The van der Waals surface area contributed by atoms with Gasteiger partial charge in [-0.3, -0.25) is 14.9 Å². The first-order valence-corrected chi connectivity index (χ1v) is 7.29. The smallest absolute Gasteiger partial charge is 0.270 e. The van der Waals surface area contributed by atoms with E-state index in [0.29, 0.717) is 0 Å². The Morgan fingerprint density at radius 2 is 2.00 bits per heavy atom. The molecule has 0 saturated carbocycles. The zero-order valence-corrected chi connectivity index (χ0v) is 13.4. The number of nitro groups is 1. The maximum absolute atomic E-state index is 11.7. The number of carbonyl (C=O) groups is 1. The Labute approximate surface area is 139 Å². The molecule has 0 aliphatic heterocycles. The fourth-order valence-corrected chi connectivity index (χ4v) is 2.02. The highest BCUT2D eigenvalue weighted by molar-refractivity contribution is 9.10. The van der Waals surface area contributed by atoms with Crippen molar-refractivity contribution in [3.8, 4) is 5.75 Å². The van der Waals surface area contributed by atoms with Crippen molar-refractivity contribution in [2.75, 3.05) is 0 Å². The van der Waals surface area contributed by atoms with Crippen LogP contribution >= 0.6 is 15.9 Å². The topological polar surface area (TPSA) is 105 Å². The highest BCUT2D eigenvalue weighted by atomic mass is 79.9. The van der Waals surface area contributed by atoms with Crippen molar-refractivity contribution < 1.29 is 14.8 Å². The van der Waals surface area contributed by atoms with Crippen molar-refractivity contribution in [3.63, 3.8) is 0 Å². The van der Waals surface area contributed by atoms with Gasteiger partial charge in [0.2, 0.25) is 5.91 Å². The molecule has 0 aliphatic carbocycles. The molecule has 2 aromatic carbocycles. The average molecular weight is 378 g/mol. The van der Waals surface area contributed by atoms with Gasteiger partial charge in [-0.2, -0.15) is 5.10 Å². The summed E-state index contributed by atoms with van der Waals surface area (Å²) in [5.74, 6) is -0.505. The molecule has 2 N–H and O–H groups in total. The molecule has 0 heterocycles. The van der Waals surface area contributed by atoms with E-state index in [1.165, 1.54) is 18.2 Å². The highest BCUT2D eigenvalue weighted by Gasteiger charge is 2.09. The van der Waals surface area contributed by atoms with Gasteiger partial charge in [-0.15, -0.1) is 0 Å². The number of phenolic OH excluding ortho intramolecular Hbond substituents is 1. The van der Waals surface area contributed by atoms with Crippen LogP contribution in [0.15, 0.2) is 52.0 Å². The van der Waals surface area contributed by atoms with E-state index in [2.05, 4.69) is 26.5 Å². The molecule has 0 bridgehead atoms. The minimum Gasteiger partial charge on any atom is -0.507 e. The molecule has 0 unspecified atom stereocenters. The maximum Gasteiger partial charge on any atom is 0.270 e. The van der Waals surface area contributed by atoms with Crippen LogP contribution in [0.25, 0.3) is 0 Å². The molecule has 0 aliphatic rings. The average Bonchev–Trinajstić information content (AvgIpc) is 2.51. The van der Waals surface area contributed by atoms with Gasteiger partial charge in [0, 0.05) is 22.2 Å². The zero-order chi connectivity index (χ0) is 16.8.